The van der Waals surface area contributed by atoms with Gasteiger partial charge in [0, 0.05) is 11.6 Å². The van der Waals surface area contributed by atoms with E-state index in [9.17, 15) is 4.79 Å². The molecule has 25 heavy (non-hydrogen) atoms. The Bertz CT molecular complexity index is 698. The zero-order valence-electron chi connectivity index (χ0n) is 15.1. The third-order valence-corrected chi connectivity index (χ3v) is 4.52. The van der Waals surface area contributed by atoms with E-state index < -0.39 is 6.10 Å². The molecule has 0 aliphatic carbocycles. The van der Waals surface area contributed by atoms with Crippen molar-refractivity contribution in [3.8, 4) is 5.75 Å². The van der Waals surface area contributed by atoms with Crippen molar-refractivity contribution in [3.63, 3.8) is 0 Å². The monoisotopic (exact) mass is 359 g/mol. The lowest BCUT2D eigenvalue weighted by molar-refractivity contribution is -0.128. The molecule has 1 amide bonds. The number of nitrogens with one attached hydrogen (secondary N) is 1. The molecule has 1 atom stereocenters. The van der Waals surface area contributed by atoms with Crippen molar-refractivity contribution < 1.29 is 9.53 Å². The van der Waals surface area contributed by atoms with Gasteiger partial charge in [0.1, 0.15) is 5.75 Å². The summed E-state index contributed by atoms with van der Waals surface area (Å²) >= 11 is 5.88. The summed E-state index contributed by atoms with van der Waals surface area (Å²) in [6, 6.07) is 13.6. The second-order valence-corrected chi connectivity index (χ2v) is 6.43. The fraction of sp³-hybridized carbons (Fsp3) is 0.381. The summed E-state index contributed by atoms with van der Waals surface area (Å²) in [5.41, 5.74) is 3.73. The number of halogens is 1. The summed E-state index contributed by atoms with van der Waals surface area (Å²) in [6.07, 6.45) is 2.03. The van der Waals surface area contributed by atoms with Crippen LogP contribution in [-0.2, 0) is 24.2 Å². The molecule has 0 aliphatic rings. The van der Waals surface area contributed by atoms with Gasteiger partial charge in [-0.2, -0.15) is 0 Å². The van der Waals surface area contributed by atoms with Gasteiger partial charge >= 0.3 is 0 Å². The zero-order valence-corrected chi connectivity index (χ0v) is 15.9. The fourth-order valence-electron chi connectivity index (χ4n) is 2.70. The maximum Gasteiger partial charge on any atom is 0.261 e. The molecule has 0 aliphatic heterocycles. The molecule has 2 aromatic carbocycles. The van der Waals surface area contributed by atoms with E-state index in [0.29, 0.717) is 23.7 Å². The quantitative estimate of drug-likeness (QED) is 0.725. The number of hydrogen-bond donors (Lipinski definition) is 1. The van der Waals surface area contributed by atoms with Crippen LogP contribution in [0.25, 0.3) is 0 Å². The van der Waals surface area contributed by atoms with Crippen LogP contribution in [0.15, 0.2) is 42.5 Å². The fourth-order valence-corrected chi connectivity index (χ4v) is 2.83. The highest BCUT2D eigenvalue weighted by Crippen LogP contribution is 2.18. The molecule has 1 N–H and O–H groups in total. The van der Waals surface area contributed by atoms with Crippen LogP contribution >= 0.6 is 11.6 Å². The Balaban J connectivity index is 2.01. The highest BCUT2D eigenvalue weighted by atomic mass is 35.5. The number of ether oxygens (including phenoxy) is 1. The second-order valence-electron chi connectivity index (χ2n) is 6.00. The number of amides is 1. The normalized spacial score (nSPS) is 11.8. The van der Waals surface area contributed by atoms with Gasteiger partial charge in [0.2, 0.25) is 0 Å². The van der Waals surface area contributed by atoms with Crippen molar-refractivity contribution in [1.29, 1.82) is 0 Å². The number of carbonyl (C=O) groups excluding carboxylic acids is 1. The molecule has 0 heterocycles. The van der Waals surface area contributed by atoms with E-state index in [2.05, 4.69) is 37.4 Å². The van der Waals surface area contributed by atoms with Crippen LogP contribution < -0.4 is 10.1 Å². The summed E-state index contributed by atoms with van der Waals surface area (Å²) in [4.78, 5) is 12.5. The minimum Gasteiger partial charge on any atom is -0.481 e. The molecule has 0 fully saturated rings. The minimum absolute atomic E-state index is 0.0959. The first-order chi connectivity index (χ1) is 12.1. The number of rotatable bonds is 8. The van der Waals surface area contributed by atoms with Crippen molar-refractivity contribution in [2.24, 2.45) is 0 Å². The summed E-state index contributed by atoms with van der Waals surface area (Å²) in [5, 5.41) is 3.66. The highest BCUT2D eigenvalue weighted by molar-refractivity contribution is 6.30. The number of carbonyl (C=O) groups is 1. The van der Waals surface area contributed by atoms with Crippen molar-refractivity contribution in [2.75, 3.05) is 0 Å². The van der Waals surface area contributed by atoms with Crippen LogP contribution in [0, 0.1) is 0 Å². The minimum atomic E-state index is -0.513. The van der Waals surface area contributed by atoms with E-state index in [1.54, 1.807) is 24.3 Å². The molecule has 0 aromatic heterocycles. The Labute approximate surface area is 155 Å². The van der Waals surface area contributed by atoms with Gasteiger partial charge in [-0.15, -0.1) is 0 Å². The van der Waals surface area contributed by atoms with E-state index in [1.165, 1.54) is 16.7 Å². The highest BCUT2D eigenvalue weighted by Gasteiger charge is 2.18. The molecule has 0 spiro atoms. The molecule has 0 saturated carbocycles. The lowest BCUT2D eigenvalue weighted by Gasteiger charge is -2.18. The first-order valence-electron chi connectivity index (χ1n) is 8.87. The Morgan fingerprint density at radius 1 is 1.04 bits per heavy atom. The molecular weight excluding hydrogens is 334 g/mol. The topological polar surface area (TPSA) is 38.3 Å². The van der Waals surface area contributed by atoms with E-state index >= 15 is 0 Å². The Morgan fingerprint density at radius 2 is 1.76 bits per heavy atom. The first kappa shape index (κ1) is 19.3. The average Bonchev–Trinajstić information content (AvgIpc) is 2.65. The van der Waals surface area contributed by atoms with Crippen LogP contribution in [0.2, 0.25) is 5.02 Å². The summed E-state index contributed by atoms with van der Waals surface area (Å²) in [7, 11) is 0. The molecule has 0 bridgehead atoms. The second kappa shape index (κ2) is 9.47. The molecule has 1 unspecified atom stereocenters. The Morgan fingerprint density at radius 3 is 2.36 bits per heavy atom. The lowest BCUT2D eigenvalue weighted by atomic mass is 10.0. The van der Waals surface area contributed by atoms with Gasteiger partial charge < -0.3 is 10.1 Å². The molecule has 2 rings (SSSR count). The predicted molar refractivity (Wildman–Crippen MR) is 103 cm³/mol. The van der Waals surface area contributed by atoms with Crippen molar-refractivity contribution >= 4 is 17.5 Å². The number of aryl methyl sites for hydroxylation is 2. The molecule has 4 heteroatoms. The van der Waals surface area contributed by atoms with Crippen LogP contribution in [-0.4, -0.2) is 12.0 Å². The predicted octanol–water partition coefficient (Wildman–Crippen LogP) is 4.94. The van der Waals surface area contributed by atoms with Crippen molar-refractivity contribution in [1.82, 2.24) is 5.32 Å². The van der Waals surface area contributed by atoms with Gasteiger partial charge in [-0.3, -0.25) is 4.79 Å². The van der Waals surface area contributed by atoms with Gasteiger partial charge in [0.05, 0.1) is 0 Å². The lowest BCUT2D eigenvalue weighted by Crippen LogP contribution is -2.37. The van der Waals surface area contributed by atoms with Crippen molar-refractivity contribution in [3.05, 3.63) is 64.2 Å². The standard InChI is InChI=1S/C21H26ClNO2/c1-4-15-7-8-16(5-2)17(13-15)14-23-21(24)20(6-3)25-19-11-9-18(22)10-12-19/h7-13,20H,4-6,14H2,1-3H3,(H,23,24). The van der Waals surface area contributed by atoms with E-state index in [1.807, 2.05) is 6.92 Å². The maximum atomic E-state index is 12.5. The molecular formula is C21H26ClNO2. The Hall–Kier alpha value is -2.00. The van der Waals surface area contributed by atoms with Crippen LogP contribution in [0.3, 0.4) is 0 Å². The smallest absolute Gasteiger partial charge is 0.261 e. The van der Waals surface area contributed by atoms with Crippen LogP contribution in [0.5, 0.6) is 5.75 Å². The average molecular weight is 360 g/mol. The maximum absolute atomic E-state index is 12.5. The first-order valence-corrected chi connectivity index (χ1v) is 9.25. The van der Waals surface area contributed by atoms with Gasteiger partial charge in [-0.1, -0.05) is 50.6 Å². The number of benzene rings is 2. The Kier molecular flexibility index (Phi) is 7.32. The SMILES string of the molecule is CCc1ccc(CC)c(CNC(=O)C(CC)Oc2ccc(Cl)cc2)c1. The third-order valence-electron chi connectivity index (χ3n) is 4.27. The van der Waals surface area contributed by atoms with Crippen LogP contribution in [0.4, 0.5) is 0 Å². The van der Waals surface area contributed by atoms with Gasteiger partial charge in [-0.05, 0) is 60.2 Å². The number of hydrogen-bond acceptors (Lipinski definition) is 2. The van der Waals surface area contributed by atoms with Gasteiger partial charge in [-0.25, -0.2) is 0 Å². The molecule has 3 nitrogen and oxygen atoms in total. The van der Waals surface area contributed by atoms with E-state index in [-0.39, 0.29) is 5.91 Å². The third kappa shape index (κ3) is 5.50. The molecule has 2 aromatic rings. The van der Waals surface area contributed by atoms with Crippen molar-refractivity contribution in [2.45, 2.75) is 52.7 Å². The largest absolute Gasteiger partial charge is 0.481 e. The molecule has 0 radical (unpaired) electrons. The van der Waals surface area contributed by atoms with Crippen LogP contribution in [0.1, 0.15) is 43.9 Å². The molecule has 0 saturated heterocycles. The summed E-state index contributed by atoms with van der Waals surface area (Å²) < 4.78 is 5.80. The van der Waals surface area contributed by atoms with Gasteiger partial charge in [0.25, 0.3) is 5.91 Å². The zero-order chi connectivity index (χ0) is 18.2. The van der Waals surface area contributed by atoms with E-state index in [4.69, 9.17) is 16.3 Å². The van der Waals surface area contributed by atoms with E-state index in [0.717, 1.165) is 12.8 Å². The molecule has 134 valence electrons. The summed E-state index contributed by atoms with van der Waals surface area (Å²) in [5.74, 6) is 0.551. The van der Waals surface area contributed by atoms with Gasteiger partial charge in [0.15, 0.2) is 6.10 Å². The summed E-state index contributed by atoms with van der Waals surface area (Å²) in [6.45, 7) is 6.73.